The van der Waals surface area contributed by atoms with Crippen molar-refractivity contribution in [3.8, 4) is 0 Å². The molecule has 0 bridgehead atoms. The van der Waals surface area contributed by atoms with Crippen molar-refractivity contribution >= 4 is 23.3 Å². The molecule has 7 nitrogen and oxygen atoms in total. The van der Waals surface area contributed by atoms with Crippen LogP contribution in [0.4, 0.5) is 5.69 Å². The molecule has 1 saturated carbocycles. The maximum absolute atomic E-state index is 13.0. The van der Waals surface area contributed by atoms with Crippen LogP contribution in [0.1, 0.15) is 42.5 Å². The second-order valence-corrected chi connectivity index (χ2v) is 7.58. The van der Waals surface area contributed by atoms with E-state index in [1.165, 1.54) is 5.48 Å². The molecule has 1 aromatic carbocycles. The van der Waals surface area contributed by atoms with E-state index in [9.17, 15) is 14.4 Å². The first kappa shape index (κ1) is 18.4. The number of hydroxylamine groups is 1. The fraction of sp³-hybridized carbons (Fsp3) is 0.526. The van der Waals surface area contributed by atoms with Crippen molar-refractivity contribution in [2.45, 2.75) is 38.1 Å². The van der Waals surface area contributed by atoms with Gasteiger partial charge >= 0.3 is 0 Å². The molecule has 7 heteroatoms. The summed E-state index contributed by atoms with van der Waals surface area (Å²) in [5, 5.41) is 8.57. The normalized spacial score (nSPS) is 20.1. The summed E-state index contributed by atoms with van der Waals surface area (Å²) in [4.78, 5) is 40.4. The van der Waals surface area contributed by atoms with Crippen LogP contribution < -0.4 is 10.4 Å². The zero-order chi connectivity index (χ0) is 18.9. The van der Waals surface area contributed by atoms with Gasteiger partial charge in [-0.3, -0.25) is 19.6 Å². The Hall–Kier alpha value is -2.41. The van der Waals surface area contributed by atoms with Gasteiger partial charge in [0.15, 0.2) is 5.78 Å². The van der Waals surface area contributed by atoms with E-state index in [1.807, 2.05) is 31.1 Å². The molecule has 0 aromatic heterocycles. The molecule has 2 amide bonds. The van der Waals surface area contributed by atoms with Crippen LogP contribution in [0, 0.1) is 5.41 Å². The fourth-order valence-electron chi connectivity index (χ4n) is 3.63. The maximum Gasteiger partial charge on any atom is 0.243 e. The molecule has 1 aliphatic carbocycles. The van der Waals surface area contributed by atoms with E-state index >= 15 is 0 Å². The molecule has 2 aliphatic rings. The standard InChI is InChI=1S/C19H25N3O4/c1-21(2)14-5-3-13(4-6-14)18(25)15-11-19(9-10-19)12-22(15)17(24)8-7-16(23)20-26/h3-6,15,26H,7-12H2,1-2H3,(H,20,23)/t15-/m0/s1. The summed E-state index contributed by atoms with van der Waals surface area (Å²) in [5.74, 6) is -0.847. The first-order valence-corrected chi connectivity index (χ1v) is 8.89. The fourth-order valence-corrected chi connectivity index (χ4v) is 3.63. The molecule has 26 heavy (non-hydrogen) atoms. The summed E-state index contributed by atoms with van der Waals surface area (Å²) >= 11 is 0. The van der Waals surface area contributed by atoms with Gasteiger partial charge in [-0.15, -0.1) is 0 Å². The summed E-state index contributed by atoms with van der Waals surface area (Å²) in [6, 6.07) is 6.93. The van der Waals surface area contributed by atoms with Crippen LogP contribution in [0.15, 0.2) is 24.3 Å². The number of likely N-dealkylation sites (tertiary alicyclic amines) is 1. The number of rotatable bonds is 6. The molecule has 140 valence electrons. The summed E-state index contributed by atoms with van der Waals surface area (Å²) < 4.78 is 0. The van der Waals surface area contributed by atoms with Crippen LogP contribution in [-0.2, 0) is 9.59 Å². The Bertz CT molecular complexity index is 710. The Morgan fingerprint density at radius 3 is 2.38 bits per heavy atom. The third kappa shape index (κ3) is 3.72. The number of carbonyl (C=O) groups is 3. The Kier molecular flexibility index (Phi) is 5.00. The third-order valence-electron chi connectivity index (χ3n) is 5.45. The number of carbonyl (C=O) groups excluding carboxylic acids is 3. The van der Waals surface area contributed by atoms with Crippen LogP contribution in [0.2, 0.25) is 0 Å². The molecule has 1 aliphatic heterocycles. The summed E-state index contributed by atoms with van der Waals surface area (Å²) in [6.07, 6.45) is 2.68. The average Bonchev–Trinajstić information content (AvgIpc) is 3.29. The molecule has 1 spiro atoms. The summed E-state index contributed by atoms with van der Waals surface area (Å²) in [5.41, 5.74) is 3.23. The average molecular weight is 359 g/mol. The van der Waals surface area contributed by atoms with Crippen LogP contribution in [0.25, 0.3) is 0 Å². The van der Waals surface area contributed by atoms with Gasteiger partial charge in [0.25, 0.3) is 0 Å². The van der Waals surface area contributed by atoms with Gasteiger partial charge < -0.3 is 9.80 Å². The lowest BCUT2D eigenvalue weighted by molar-refractivity contribution is -0.136. The topological polar surface area (TPSA) is 90.0 Å². The molecule has 0 radical (unpaired) electrons. The molecule has 2 fully saturated rings. The summed E-state index contributed by atoms with van der Waals surface area (Å²) in [7, 11) is 3.88. The zero-order valence-electron chi connectivity index (χ0n) is 15.2. The summed E-state index contributed by atoms with van der Waals surface area (Å²) in [6.45, 7) is 0.582. The van der Waals surface area contributed by atoms with Crippen molar-refractivity contribution in [3.63, 3.8) is 0 Å². The van der Waals surface area contributed by atoms with Crippen molar-refractivity contribution in [2.24, 2.45) is 5.41 Å². The number of benzene rings is 1. The van der Waals surface area contributed by atoms with Crippen LogP contribution >= 0.6 is 0 Å². The van der Waals surface area contributed by atoms with E-state index in [-0.39, 0.29) is 29.9 Å². The molecule has 0 unspecified atom stereocenters. The molecule has 2 N–H and O–H groups in total. The lowest BCUT2D eigenvalue weighted by atomic mass is 9.96. The smallest absolute Gasteiger partial charge is 0.243 e. The van der Waals surface area contributed by atoms with Crippen LogP contribution in [-0.4, -0.2) is 54.4 Å². The zero-order valence-corrected chi connectivity index (χ0v) is 15.2. The van der Waals surface area contributed by atoms with E-state index in [4.69, 9.17) is 5.21 Å². The molecule has 1 saturated heterocycles. The molecular formula is C19H25N3O4. The number of ketones is 1. The van der Waals surface area contributed by atoms with Gasteiger partial charge in [0.2, 0.25) is 11.8 Å². The minimum Gasteiger partial charge on any atom is -0.378 e. The number of amides is 2. The van der Waals surface area contributed by atoms with Gasteiger partial charge in [0.1, 0.15) is 0 Å². The second-order valence-electron chi connectivity index (χ2n) is 7.58. The van der Waals surface area contributed by atoms with Crippen molar-refractivity contribution in [2.75, 3.05) is 25.5 Å². The Balaban J connectivity index is 1.74. The highest BCUT2D eigenvalue weighted by Crippen LogP contribution is 2.55. The van der Waals surface area contributed by atoms with Gasteiger partial charge in [-0.25, -0.2) is 5.48 Å². The highest BCUT2D eigenvalue weighted by Gasteiger charge is 2.54. The number of nitrogens with one attached hydrogen (secondary N) is 1. The predicted octanol–water partition coefficient (Wildman–Crippen LogP) is 1.60. The van der Waals surface area contributed by atoms with E-state index < -0.39 is 11.9 Å². The SMILES string of the molecule is CN(C)c1ccc(C(=O)[C@@H]2CC3(CC3)CN2C(=O)CCC(=O)NO)cc1. The Morgan fingerprint density at radius 1 is 1.19 bits per heavy atom. The highest BCUT2D eigenvalue weighted by atomic mass is 16.5. The third-order valence-corrected chi connectivity index (χ3v) is 5.45. The van der Waals surface area contributed by atoms with Crippen molar-refractivity contribution in [1.29, 1.82) is 0 Å². The van der Waals surface area contributed by atoms with Crippen molar-refractivity contribution in [3.05, 3.63) is 29.8 Å². The van der Waals surface area contributed by atoms with Crippen LogP contribution in [0.5, 0.6) is 0 Å². The lowest BCUT2D eigenvalue weighted by Gasteiger charge is -2.24. The van der Waals surface area contributed by atoms with E-state index in [1.54, 1.807) is 17.0 Å². The largest absolute Gasteiger partial charge is 0.378 e. The molecule has 3 rings (SSSR count). The van der Waals surface area contributed by atoms with Crippen molar-refractivity contribution in [1.82, 2.24) is 10.4 Å². The predicted molar refractivity (Wildman–Crippen MR) is 96.0 cm³/mol. The molecule has 1 heterocycles. The number of hydrogen-bond acceptors (Lipinski definition) is 5. The first-order valence-electron chi connectivity index (χ1n) is 8.89. The number of anilines is 1. The van der Waals surface area contributed by atoms with Gasteiger partial charge in [-0.05, 0) is 48.9 Å². The van der Waals surface area contributed by atoms with Gasteiger partial charge in [0.05, 0.1) is 6.04 Å². The first-order chi connectivity index (χ1) is 12.3. The van der Waals surface area contributed by atoms with E-state index in [0.29, 0.717) is 18.5 Å². The van der Waals surface area contributed by atoms with E-state index in [0.717, 1.165) is 18.5 Å². The van der Waals surface area contributed by atoms with E-state index in [2.05, 4.69) is 0 Å². The Morgan fingerprint density at radius 2 is 1.85 bits per heavy atom. The monoisotopic (exact) mass is 359 g/mol. The van der Waals surface area contributed by atoms with Gasteiger partial charge in [-0.2, -0.15) is 0 Å². The number of hydrogen-bond donors (Lipinski definition) is 2. The quantitative estimate of drug-likeness (QED) is 0.457. The minimum atomic E-state index is -0.596. The molecular weight excluding hydrogens is 334 g/mol. The van der Waals surface area contributed by atoms with Gasteiger partial charge in [-0.1, -0.05) is 0 Å². The van der Waals surface area contributed by atoms with Crippen LogP contribution in [0.3, 0.4) is 0 Å². The lowest BCUT2D eigenvalue weighted by Crippen LogP contribution is -2.41. The molecule has 1 atom stereocenters. The number of nitrogens with zero attached hydrogens (tertiary/aromatic N) is 2. The minimum absolute atomic E-state index is 0.00811. The van der Waals surface area contributed by atoms with Crippen molar-refractivity contribution < 1.29 is 19.6 Å². The second kappa shape index (κ2) is 7.07. The number of Topliss-reactive ketones (excluding diaryl/α,β-unsaturated/α-hetero) is 1. The molecule has 1 aromatic rings. The highest BCUT2D eigenvalue weighted by molar-refractivity contribution is 6.02. The Labute approximate surface area is 152 Å². The maximum atomic E-state index is 13.0. The van der Waals surface area contributed by atoms with Gasteiger partial charge in [0, 0.05) is 44.7 Å².